The number of fused-ring (bicyclic) bond motifs is 3. The molecular weight excluding hydrogens is 402 g/mol. The molecule has 6 heteroatoms. The van der Waals surface area contributed by atoms with Crippen LogP contribution in [0, 0.1) is 11.8 Å². The SMILES string of the molecule is O=C(N[C@@H]1CCCC[C@@H]1C(=O)N1CCC2C(CO)Nc3ccccc3C21)c1ccccc1. The van der Waals surface area contributed by atoms with Crippen molar-refractivity contribution in [1.82, 2.24) is 10.2 Å². The minimum Gasteiger partial charge on any atom is -0.394 e. The van der Waals surface area contributed by atoms with E-state index in [0.29, 0.717) is 12.1 Å². The van der Waals surface area contributed by atoms with E-state index in [-0.39, 0.29) is 48.4 Å². The third kappa shape index (κ3) is 3.77. The molecule has 2 aromatic carbocycles. The van der Waals surface area contributed by atoms with Gasteiger partial charge in [-0.25, -0.2) is 0 Å². The zero-order valence-corrected chi connectivity index (χ0v) is 18.2. The molecule has 3 aliphatic rings. The van der Waals surface area contributed by atoms with Crippen molar-refractivity contribution in [2.75, 3.05) is 18.5 Å². The highest BCUT2D eigenvalue weighted by atomic mass is 16.3. The Hall–Kier alpha value is -2.86. The Morgan fingerprint density at radius 3 is 2.56 bits per heavy atom. The quantitative estimate of drug-likeness (QED) is 0.691. The monoisotopic (exact) mass is 433 g/mol. The largest absolute Gasteiger partial charge is 0.394 e. The summed E-state index contributed by atoms with van der Waals surface area (Å²) in [5.41, 5.74) is 2.77. The predicted molar refractivity (Wildman–Crippen MR) is 123 cm³/mol. The van der Waals surface area contributed by atoms with Gasteiger partial charge in [0.2, 0.25) is 5.91 Å². The molecule has 2 amide bonds. The Bertz CT molecular complexity index is 979. The van der Waals surface area contributed by atoms with Crippen molar-refractivity contribution in [3.63, 3.8) is 0 Å². The lowest BCUT2D eigenvalue weighted by molar-refractivity contribution is -0.139. The van der Waals surface area contributed by atoms with Gasteiger partial charge in [0.25, 0.3) is 5.91 Å². The van der Waals surface area contributed by atoms with E-state index in [9.17, 15) is 14.7 Å². The van der Waals surface area contributed by atoms with E-state index < -0.39 is 0 Å². The van der Waals surface area contributed by atoms with E-state index in [1.54, 1.807) is 12.1 Å². The second-order valence-corrected chi connectivity index (χ2v) is 9.29. The van der Waals surface area contributed by atoms with E-state index in [1.165, 1.54) is 0 Å². The number of nitrogens with one attached hydrogen (secondary N) is 2. The maximum Gasteiger partial charge on any atom is 0.251 e. The molecule has 1 saturated heterocycles. The van der Waals surface area contributed by atoms with Crippen LogP contribution in [-0.2, 0) is 4.79 Å². The molecule has 1 saturated carbocycles. The van der Waals surface area contributed by atoms with Crippen molar-refractivity contribution in [1.29, 1.82) is 0 Å². The summed E-state index contributed by atoms with van der Waals surface area (Å²) in [6.45, 7) is 0.743. The number of aliphatic hydroxyl groups excluding tert-OH is 1. The van der Waals surface area contributed by atoms with Crippen molar-refractivity contribution < 1.29 is 14.7 Å². The van der Waals surface area contributed by atoms with Gasteiger partial charge in [0.1, 0.15) is 0 Å². The molecule has 0 aromatic heterocycles. The number of aliphatic hydroxyl groups is 1. The maximum atomic E-state index is 13.9. The maximum absolute atomic E-state index is 13.9. The van der Waals surface area contributed by atoms with Crippen LogP contribution in [0.15, 0.2) is 54.6 Å². The highest BCUT2D eigenvalue weighted by Gasteiger charge is 2.47. The van der Waals surface area contributed by atoms with E-state index in [2.05, 4.69) is 16.7 Å². The molecule has 3 N–H and O–H groups in total. The van der Waals surface area contributed by atoms with Gasteiger partial charge in [0.15, 0.2) is 0 Å². The van der Waals surface area contributed by atoms with Gasteiger partial charge in [-0.3, -0.25) is 9.59 Å². The summed E-state index contributed by atoms with van der Waals surface area (Å²) in [5.74, 6) is 0.0238. The molecule has 2 aromatic rings. The predicted octanol–water partition coefficient (Wildman–Crippen LogP) is 3.35. The summed E-state index contributed by atoms with van der Waals surface area (Å²) in [6, 6.07) is 17.1. The normalized spacial score (nSPS) is 28.9. The van der Waals surface area contributed by atoms with Crippen LogP contribution in [0.25, 0.3) is 0 Å². The van der Waals surface area contributed by atoms with E-state index in [0.717, 1.165) is 43.4 Å². The molecule has 2 aliphatic heterocycles. The Kier molecular flexibility index (Phi) is 5.87. The first-order valence-corrected chi connectivity index (χ1v) is 11.8. The number of nitrogens with zero attached hydrogens (tertiary/aromatic N) is 1. The summed E-state index contributed by atoms with van der Waals surface area (Å²) in [7, 11) is 0. The molecule has 0 spiro atoms. The molecular formula is C26H31N3O3. The second-order valence-electron chi connectivity index (χ2n) is 9.29. The Balaban J connectivity index is 1.38. The molecule has 2 fully saturated rings. The molecule has 6 nitrogen and oxygen atoms in total. The minimum atomic E-state index is -0.204. The van der Waals surface area contributed by atoms with Gasteiger partial charge in [0, 0.05) is 29.8 Å². The number of rotatable bonds is 4. The van der Waals surface area contributed by atoms with Gasteiger partial charge in [-0.15, -0.1) is 0 Å². The van der Waals surface area contributed by atoms with Crippen LogP contribution in [0.3, 0.4) is 0 Å². The van der Waals surface area contributed by atoms with Crippen LogP contribution < -0.4 is 10.6 Å². The number of para-hydroxylation sites is 1. The van der Waals surface area contributed by atoms with Crippen LogP contribution in [-0.4, -0.2) is 47.1 Å². The molecule has 5 atom stereocenters. The highest BCUT2D eigenvalue weighted by Crippen LogP contribution is 2.47. The van der Waals surface area contributed by atoms with Gasteiger partial charge in [-0.05, 0) is 43.0 Å². The Morgan fingerprint density at radius 2 is 1.75 bits per heavy atom. The zero-order valence-electron chi connectivity index (χ0n) is 18.2. The lowest BCUT2D eigenvalue weighted by Crippen LogP contribution is -2.50. The first-order chi connectivity index (χ1) is 15.7. The Labute approximate surface area is 189 Å². The van der Waals surface area contributed by atoms with Crippen LogP contribution >= 0.6 is 0 Å². The van der Waals surface area contributed by atoms with Gasteiger partial charge in [0.05, 0.1) is 24.6 Å². The number of carbonyl (C=O) groups is 2. The smallest absolute Gasteiger partial charge is 0.251 e. The van der Waals surface area contributed by atoms with E-state index in [1.807, 2.05) is 41.3 Å². The molecule has 32 heavy (non-hydrogen) atoms. The molecule has 0 bridgehead atoms. The Morgan fingerprint density at radius 1 is 1.00 bits per heavy atom. The lowest BCUT2D eigenvalue weighted by Gasteiger charge is -2.41. The van der Waals surface area contributed by atoms with E-state index >= 15 is 0 Å². The van der Waals surface area contributed by atoms with Crippen molar-refractivity contribution in [2.24, 2.45) is 11.8 Å². The van der Waals surface area contributed by atoms with Crippen LogP contribution in [0.5, 0.6) is 0 Å². The van der Waals surface area contributed by atoms with E-state index in [4.69, 9.17) is 0 Å². The number of hydrogen-bond acceptors (Lipinski definition) is 4. The fourth-order valence-electron chi connectivity index (χ4n) is 5.91. The molecule has 5 rings (SSSR count). The topological polar surface area (TPSA) is 81.7 Å². The number of likely N-dealkylation sites (tertiary alicyclic amines) is 1. The van der Waals surface area contributed by atoms with Crippen LogP contribution in [0.4, 0.5) is 5.69 Å². The summed E-state index contributed by atoms with van der Waals surface area (Å²) in [5, 5.41) is 16.6. The van der Waals surface area contributed by atoms with Crippen LogP contribution in [0.1, 0.15) is 54.1 Å². The van der Waals surface area contributed by atoms with Gasteiger partial charge >= 0.3 is 0 Å². The molecule has 3 unspecified atom stereocenters. The fraction of sp³-hybridized carbons (Fsp3) is 0.462. The molecule has 1 aliphatic carbocycles. The summed E-state index contributed by atoms with van der Waals surface area (Å²) in [6.07, 6.45) is 4.53. The average molecular weight is 434 g/mol. The van der Waals surface area contributed by atoms with Gasteiger partial charge < -0.3 is 20.6 Å². The van der Waals surface area contributed by atoms with Crippen molar-refractivity contribution >= 4 is 17.5 Å². The minimum absolute atomic E-state index is 0.0236. The van der Waals surface area contributed by atoms with Crippen molar-refractivity contribution in [2.45, 2.75) is 50.2 Å². The molecule has 168 valence electrons. The third-order valence-corrected chi connectivity index (χ3v) is 7.50. The lowest BCUT2D eigenvalue weighted by atomic mass is 9.81. The molecule has 0 radical (unpaired) electrons. The molecule has 2 heterocycles. The number of amides is 2. The summed E-state index contributed by atoms with van der Waals surface area (Å²) < 4.78 is 0. The van der Waals surface area contributed by atoms with Crippen molar-refractivity contribution in [3.8, 4) is 0 Å². The van der Waals surface area contributed by atoms with Gasteiger partial charge in [-0.2, -0.15) is 0 Å². The number of hydrogen-bond donors (Lipinski definition) is 3. The first kappa shape index (κ1) is 21.0. The number of benzene rings is 2. The summed E-state index contributed by atoms with van der Waals surface area (Å²) >= 11 is 0. The third-order valence-electron chi connectivity index (χ3n) is 7.50. The number of carbonyl (C=O) groups excluding carboxylic acids is 2. The summed E-state index contributed by atoms with van der Waals surface area (Å²) in [4.78, 5) is 28.7. The average Bonchev–Trinajstić information content (AvgIpc) is 3.29. The first-order valence-electron chi connectivity index (χ1n) is 11.8. The standard InChI is InChI=1S/C26H31N3O3/c30-16-23-19-14-15-29(24(19)18-10-4-6-12-21(18)27-23)26(32)20-11-5-7-13-22(20)28-25(31)17-8-2-1-3-9-17/h1-4,6,8-10,12,19-20,22-24,27,30H,5,7,11,13-16H2,(H,28,31)/t19?,20-,22+,23?,24?/m0/s1. The number of anilines is 1. The zero-order chi connectivity index (χ0) is 22.1. The van der Waals surface area contributed by atoms with Crippen LogP contribution in [0.2, 0.25) is 0 Å². The fourth-order valence-corrected chi connectivity index (χ4v) is 5.91. The van der Waals surface area contributed by atoms with Crippen molar-refractivity contribution in [3.05, 3.63) is 65.7 Å². The highest BCUT2D eigenvalue weighted by molar-refractivity contribution is 5.94. The van der Waals surface area contributed by atoms with Gasteiger partial charge in [-0.1, -0.05) is 49.2 Å². The second kappa shape index (κ2) is 8.94.